The highest BCUT2D eigenvalue weighted by Gasteiger charge is 2.39. The summed E-state index contributed by atoms with van der Waals surface area (Å²) in [7, 11) is 0. The Morgan fingerprint density at radius 3 is 2.47 bits per heavy atom. The van der Waals surface area contributed by atoms with Crippen LogP contribution in [-0.4, -0.2) is 40.6 Å². The van der Waals surface area contributed by atoms with Crippen LogP contribution < -0.4 is 0 Å². The Bertz CT molecular complexity index is 220. The van der Waals surface area contributed by atoms with Gasteiger partial charge in [0.05, 0.1) is 5.60 Å². The molecule has 1 aliphatic carbocycles. The molecule has 0 spiro atoms. The van der Waals surface area contributed by atoms with Crippen LogP contribution in [0.5, 0.6) is 0 Å². The summed E-state index contributed by atoms with van der Waals surface area (Å²) in [6.45, 7) is 5.18. The molecule has 0 amide bonds. The fraction of sp³-hybridized carbons (Fsp3) is 1.00. The van der Waals surface area contributed by atoms with Gasteiger partial charge in [-0.3, -0.25) is 4.90 Å². The van der Waals surface area contributed by atoms with Gasteiger partial charge in [-0.05, 0) is 44.6 Å². The third-order valence-corrected chi connectivity index (χ3v) is 5.20. The number of hydrogen-bond acceptors (Lipinski definition) is 2. The largest absolute Gasteiger partial charge is 0.389 e. The lowest BCUT2D eigenvalue weighted by atomic mass is 9.70. The molecule has 3 heteroatoms. The van der Waals surface area contributed by atoms with Crippen molar-refractivity contribution < 1.29 is 5.11 Å². The minimum atomic E-state index is -0.449. The van der Waals surface area contributed by atoms with Crippen molar-refractivity contribution in [3.05, 3.63) is 0 Å². The first kappa shape index (κ1) is 11.9. The van der Waals surface area contributed by atoms with Crippen LogP contribution in [0, 0.1) is 5.41 Å². The van der Waals surface area contributed by atoms with Crippen molar-refractivity contribution in [1.29, 1.82) is 0 Å². The molecule has 1 saturated carbocycles. The van der Waals surface area contributed by atoms with Crippen LogP contribution in [0.25, 0.3) is 0 Å². The van der Waals surface area contributed by atoms with Crippen LogP contribution in [0.3, 0.4) is 0 Å². The van der Waals surface area contributed by atoms with E-state index >= 15 is 0 Å². The second kappa shape index (κ2) is 4.34. The summed E-state index contributed by atoms with van der Waals surface area (Å²) in [5, 5.41) is 11.2. The van der Waals surface area contributed by atoms with Crippen LogP contribution in [0.15, 0.2) is 0 Å². The van der Waals surface area contributed by atoms with E-state index in [4.69, 9.17) is 0 Å². The van der Waals surface area contributed by atoms with Crippen molar-refractivity contribution in [2.24, 2.45) is 5.41 Å². The molecule has 1 saturated heterocycles. The number of rotatable bonds is 3. The SMILES string of the molecule is CC1(O)CCCN(CC2(CBr)CCC2)C1. The summed E-state index contributed by atoms with van der Waals surface area (Å²) in [5.41, 5.74) is 0.0723. The van der Waals surface area contributed by atoms with Gasteiger partial charge in [-0.15, -0.1) is 0 Å². The molecule has 0 aromatic heterocycles. The van der Waals surface area contributed by atoms with E-state index in [1.54, 1.807) is 0 Å². The van der Waals surface area contributed by atoms with Crippen LogP contribution in [-0.2, 0) is 0 Å². The van der Waals surface area contributed by atoms with Crippen LogP contribution in [0.1, 0.15) is 39.0 Å². The minimum Gasteiger partial charge on any atom is -0.389 e. The molecule has 15 heavy (non-hydrogen) atoms. The first-order valence-corrected chi connectivity index (χ1v) is 7.18. The number of piperidine rings is 1. The zero-order valence-corrected chi connectivity index (χ0v) is 11.2. The first-order valence-electron chi connectivity index (χ1n) is 6.06. The zero-order chi connectivity index (χ0) is 10.9. The van der Waals surface area contributed by atoms with Gasteiger partial charge in [0.1, 0.15) is 0 Å². The second-order valence-corrected chi connectivity index (χ2v) is 6.36. The van der Waals surface area contributed by atoms with E-state index in [1.165, 1.54) is 32.4 Å². The Kier molecular flexibility index (Phi) is 3.44. The average molecular weight is 276 g/mol. The lowest BCUT2D eigenvalue weighted by molar-refractivity contribution is -0.0352. The normalized spacial score (nSPS) is 36.2. The molecule has 1 atom stereocenters. The van der Waals surface area contributed by atoms with Gasteiger partial charge in [-0.2, -0.15) is 0 Å². The summed E-state index contributed by atoms with van der Waals surface area (Å²) in [6, 6.07) is 0. The smallest absolute Gasteiger partial charge is 0.0746 e. The highest BCUT2D eigenvalue weighted by Crippen LogP contribution is 2.43. The van der Waals surface area contributed by atoms with E-state index in [0.717, 1.165) is 24.7 Å². The van der Waals surface area contributed by atoms with E-state index < -0.39 is 5.60 Å². The van der Waals surface area contributed by atoms with Crippen LogP contribution >= 0.6 is 15.9 Å². The van der Waals surface area contributed by atoms with E-state index in [2.05, 4.69) is 20.8 Å². The number of β-amino-alcohol motifs (C(OH)–C–C–N with tert-alkyl or cyclic N) is 1. The molecule has 1 heterocycles. The van der Waals surface area contributed by atoms with Gasteiger partial charge in [0.2, 0.25) is 0 Å². The molecular formula is C12H22BrNO. The number of likely N-dealkylation sites (tertiary alicyclic amines) is 1. The molecule has 0 radical (unpaired) electrons. The van der Waals surface area contributed by atoms with Gasteiger partial charge >= 0.3 is 0 Å². The zero-order valence-electron chi connectivity index (χ0n) is 9.64. The monoisotopic (exact) mass is 275 g/mol. The predicted molar refractivity (Wildman–Crippen MR) is 66.4 cm³/mol. The maximum atomic E-state index is 10.1. The topological polar surface area (TPSA) is 23.5 Å². The Balaban J connectivity index is 1.88. The summed E-state index contributed by atoms with van der Waals surface area (Å²) >= 11 is 3.65. The average Bonchev–Trinajstić information content (AvgIpc) is 2.10. The fourth-order valence-electron chi connectivity index (χ4n) is 2.94. The molecule has 1 N–H and O–H groups in total. The molecule has 1 unspecified atom stereocenters. The standard InChI is InChI=1S/C12H22BrNO/c1-11(15)4-3-7-14(9-11)10-12(8-13)5-2-6-12/h15H,2-10H2,1H3. The van der Waals surface area contributed by atoms with Crippen LogP contribution in [0.4, 0.5) is 0 Å². The predicted octanol–water partition coefficient (Wildman–Crippen LogP) is 2.40. The van der Waals surface area contributed by atoms with Gasteiger partial charge in [-0.1, -0.05) is 22.4 Å². The van der Waals surface area contributed by atoms with Gasteiger partial charge in [0.15, 0.2) is 0 Å². The van der Waals surface area contributed by atoms with Crippen molar-refractivity contribution in [2.45, 2.75) is 44.6 Å². The van der Waals surface area contributed by atoms with Gasteiger partial charge in [0, 0.05) is 18.4 Å². The minimum absolute atomic E-state index is 0.449. The molecule has 2 fully saturated rings. The van der Waals surface area contributed by atoms with Crippen molar-refractivity contribution >= 4 is 15.9 Å². The number of alkyl halides is 1. The Morgan fingerprint density at radius 1 is 1.27 bits per heavy atom. The highest BCUT2D eigenvalue weighted by molar-refractivity contribution is 9.09. The molecule has 2 nitrogen and oxygen atoms in total. The van der Waals surface area contributed by atoms with Crippen molar-refractivity contribution in [3.8, 4) is 0 Å². The number of hydrogen-bond donors (Lipinski definition) is 1. The Hall–Kier alpha value is 0.400. The summed E-state index contributed by atoms with van der Waals surface area (Å²) < 4.78 is 0. The third-order valence-electron chi connectivity index (χ3n) is 4.01. The van der Waals surface area contributed by atoms with Crippen molar-refractivity contribution in [3.63, 3.8) is 0 Å². The third kappa shape index (κ3) is 2.75. The molecule has 0 aromatic carbocycles. The fourth-order valence-corrected chi connectivity index (χ4v) is 3.68. The quantitative estimate of drug-likeness (QED) is 0.800. The number of halogens is 1. The van der Waals surface area contributed by atoms with Crippen molar-refractivity contribution in [1.82, 2.24) is 4.90 Å². The summed E-state index contributed by atoms with van der Waals surface area (Å²) in [4.78, 5) is 2.46. The molecule has 2 rings (SSSR count). The molecular weight excluding hydrogens is 254 g/mol. The van der Waals surface area contributed by atoms with Gasteiger partial charge in [-0.25, -0.2) is 0 Å². The molecule has 2 aliphatic rings. The number of aliphatic hydroxyl groups is 1. The van der Waals surface area contributed by atoms with Crippen molar-refractivity contribution in [2.75, 3.05) is 25.0 Å². The van der Waals surface area contributed by atoms with E-state index in [1.807, 2.05) is 6.92 Å². The molecule has 0 bridgehead atoms. The Morgan fingerprint density at radius 2 is 2.00 bits per heavy atom. The summed E-state index contributed by atoms with van der Waals surface area (Å²) in [5.74, 6) is 0. The van der Waals surface area contributed by atoms with Gasteiger partial charge < -0.3 is 5.11 Å². The summed E-state index contributed by atoms with van der Waals surface area (Å²) in [6.07, 6.45) is 6.21. The lowest BCUT2D eigenvalue weighted by Gasteiger charge is -2.47. The van der Waals surface area contributed by atoms with Gasteiger partial charge in [0.25, 0.3) is 0 Å². The second-order valence-electron chi connectivity index (χ2n) is 5.80. The lowest BCUT2D eigenvalue weighted by Crippen LogP contribution is -2.51. The maximum Gasteiger partial charge on any atom is 0.0746 e. The van der Waals surface area contributed by atoms with E-state index in [0.29, 0.717) is 5.41 Å². The van der Waals surface area contributed by atoms with E-state index in [-0.39, 0.29) is 0 Å². The molecule has 88 valence electrons. The van der Waals surface area contributed by atoms with Crippen LogP contribution in [0.2, 0.25) is 0 Å². The molecule has 1 aliphatic heterocycles. The Labute approximate surface area is 101 Å². The van der Waals surface area contributed by atoms with E-state index in [9.17, 15) is 5.11 Å². The number of nitrogens with zero attached hydrogens (tertiary/aromatic N) is 1. The highest BCUT2D eigenvalue weighted by atomic mass is 79.9. The molecule has 0 aromatic rings. The first-order chi connectivity index (χ1) is 7.05. The maximum absolute atomic E-state index is 10.1.